The lowest BCUT2D eigenvalue weighted by atomic mass is 9.96. The molecule has 18 heavy (non-hydrogen) atoms. The highest BCUT2D eigenvalue weighted by Gasteiger charge is 2.24. The van der Waals surface area contributed by atoms with Gasteiger partial charge in [-0.1, -0.05) is 18.6 Å². The molecule has 0 unspecified atom stereocenters. The van der Waals surface area contributed by atoms with Crippen LogP contribution in [0.25, 0.3) is 0 Å². The van der Waals surface area contributed by atoms with Gasteiger partial charge in [-0.15, -0.1) is 0 Å². The molecule has 1 aromatic carbocycles. The molecule has 0 radical (unpaired) electrons. The molecule has 1 fully saturated rings. The van der Waals surface area contributed by atoms with Crippen LogP contribution in [-0.2, 0) is 13.0 Å². The summed E-state index contributed by atoms with van der Waals surface area (Å²) in [4.78, 5) is 2.67. The minimum Gasteiger partial charge on any atom is -0.384 e. The summed E-state index contributed by atoms with van der Waals surface area (Å²) in [6.07, 6.45) is 5.29. The van der Waals surface area contributed by atoms with E-state index in [1.807, 2.05) is 0 Å². The average Bonchev–Trinajstić information content (AvgIpc) is 2.81. The summed E-state index contributed by atoms with van der Waals surface area (Å²) in [7, 11) is 0. The fraction of sp³-hybridized carbons (Fsp3) is 0.625. The molecular weight excluding hydrogens is 220 g/mol. The Bertz CT molecular complexity index is 417. The number of hydrogen-bond acceptors (Lipinski definition) is 2. The van der Waals surface area contributed by atoms with E-state index in [1.54, 1.807) is 0 Å². The highest BCUT2D eigenvalue weighted by molar-refractivity contribution is 5.57. The monoisotopic (exact) mass is 244 g/mol. The Labute approximate surface area is 110 Å². The minimum absolute atomic E-state index is 0.731. The Morgan fingerprint density at radius 1 is 1.22 bits per heavy atom. The van der Waals surface area contributed by atoms with E-state index in [-0.39, 0.29) is 0 Å². The second-order valence-corrected chi connectivity index (χ2v) is 5.97. The fourth-order valence-corrected chi connectivity index (χ4v) is 3.43. The summed E-state index contributed by atoms with van der Waals surface area (Å²) in [6, 6.07) is 8.45. The molecule has 1 aromatic rings. The normalized spacial score (nSPS) is 27.9. The van der Waals surface area contributed by atoms with Crippen molar-refractivity contribution in [2.24, 2.45) is 0 Å². The van der Waals surface area contributed by atoms with E-state index in [2.05, 4.69) is 42.3 Å². The first kappa shape index (κ1) is 12.0. The van der Waals surface area contributed by atoms with Crippen LogP contribution in [0.15, 0.2) is 18.2 Å². The van der Waals surface area contributed by atoms with Crippen LogP contribution in [0.1, 0.15) is 44.2 Å². The van der Waals surface area contributed by atoms with Crippen molar-refractivity contribution in [3.05, 3.63) is 29.3 Å². The topological polar surface area (TPSA) is 15.3 Å². The van der Waals surface area contributed by atoms with Crippen LogP contribution in [0.5, 0.6) is 0 Å². The molecule has 0 amide bonds. The molecule has 0 spiro atoms. The van der Waals surface area contributed by atoms with Gasteiger partial charge in [-0.25, -0.2) is 0 Å². The Balaban J connectivity index is 1.75. The van der Waals surface area contributed by atoms with Gasteiger partial charge < -0.3 is 5.32 Å². The Kier molecular flexibility index (Phi) is 3.29. The molecule has 98 valence electrons. The second-order valence-electron chi connectivity index (χ2n) is 5.97. The van der Waals surface area contributed by atoms with Crippen LogP contribution in [0, 0.1) is 0 Å². The molecular formula is C16H24N2. The van der Waals surface area contributed by atoms with E-state index in [0.717, 1.165) is 25.2 Å². The molecule has 0 aliphatic carbocycles. The number of hydrogen-bond donors (Lipinski definition) is 1. The molecule has 1 saturated heterocycles. The van der Waals surface area contributed by atoms with Gasteiger partial charge in [0.15, 0.2) is 0 Å². The number of fused-ring (bicyclic) bond motifs is 1. The molecule has 2 aliphatic heterocycles. The third-order valence-electron chi connectivity index (χ3n) is 4.63. The van der Waals surface area contributed by atoms with Crippen LogP contribution in [0.4, 0.5) is 5.69 Å². The van der Waals surface area contributed by atoms with Crippen molar-refractivity contribution in [3.8, 4) is 0 Å². The molecule has 2 heteroatoms. The zero-order valence-electron chi connectivity index (χ0n) is 11.6. The molecule has 2 heterocycles. The van der Waals surface area contributed by atoms with E-state index >= 15 is 0 Å². The van der Waals surface area contributed by atoms with Crippen molar-refractivity contribution in [2.45, 2.75) is 58.2 Å². The van der Waals surface area contributed by atoms with Crippen LogP contribution in [0.2, 0.25) is 0 Å². The summed E-state index contributed by atoms with van der Waals surface area (Å²) in [6.45, 7) is 6.97. The predicted octanol–water partition coefficient (Wildman–Crippen LogP) is 3.42. The summed E-state index contributed by atoms with van der Waals surface area (Å²) >= 11 is 0. The number of nitrogens with zero attached hydrogens (tertiary/aromatic N) is 1. The van der Waals surface area contributed by atoms with Gasteiger partial charge in [-0.2, -0.15) is 0 Å². The van der Waals surface area contributed by atoms with Crippen LogP contribution in [-0.4, -0.2) is 23.5 Å². The molecule has 2 atom stereocenters. The summed E-state index contributed by atoms with van der Waals surface area (Å²) in [5.41, 5.74) is 4.31. The standard InChI is InChI=1S/C16H24N2/c1-12-4-3-5-13(2)18(12)11-14-6-7-15-8-9-17-16(15)10-14/h6-7,10,12-13,17H,3-5,8-9,11H2,1-2H3/t12-,13+. The van der Waals surface area contributed by atoms with Gasteiger partial charge in [-0.05, 0) is 50.3 Å². The minimum atomic E-state index is 0.731. The highest BCUT2D eigenvalue weighted by atomic mass is 15.2. The van der Waals surface area contributed by atoms with E-state index in [0.29, 0.717) is 0 Å². The SMILES string of the molecule is C[C@@H]1CCC[C@H](C)N1Cc1ccc2c(c1)NCC2. The Morgan fingerprint density at radius 3 is 2.78 bits per heavy atom. The van der Waals surface area contributed by atoms with Crippen molar-refractivity contribution in [1.82, 2.24) is 4.90 Å². The van der Waals surface area contributed by atoms with Gasteiger partial charge in [0.2, 0.25) is 0 Å². The van der Waals surface area contributed by atoms with Crippen molar-refractivity contribution >= 4 is 5.69 Å². The van der Waals surface area contributed by atoms with Gasteiger partial charge in [0.1, 0.15) is 0 Å². The van der Waals surface area contributed by atoms with Crippen LogP contribution < -0.4 is 5.32 Å². The highest BCUT2D eigenvalue weighted by Crippen LogP contribution is 2.27. The zero-order chi connectivity index (χ0) is 12.5. The van der Waals surface area contributed by atoms with Crippen molar-refractivity contribution in [3.63, 3.8) is 0 Å². The predicted molar refractivity (Wildman–Crippen MR) is 77.0 cm³/mol. The first-order valence-corrected chi connectivity index (χ1v) is 7.35. The molecule has 3 rings (SSSR count). The summed E-state index contributed by atoms with van der Waals surface area (Å²) in [5, 5.41) is 3.48. The Hall–Kier alpha value is -1.02. The Morgan fingerprint density at radius 2 is 2.00 bits per heavy atom. The van der Waals surface area contributed by atoms with E-state index in [9.17, 15) is 0 Å². The zero-order valence-corrected chi connectivity index (χ0v) is 11.6. The van der Waals surface area contributed by atoms with Crippen LogP contribution in [0.3, 0.4) is 0 Å². The molecule has 2 aliphatic rings. The number of piperidine rings is 1. The molecule has 0 aromatic heterocycles. The number of benzene rings is 1. The first-order valence-electron chi connectivity index (χ1n) is 7.35. The average molecular weight is 244 g/mol. The van der Waals surface area contributed by atoms with Gasteiger partial charge in [-0.3, -0.25) is 4.90 Å². The van der Waals surface area contributed by atoms with Crippen molar-refractivity contribution in [1.29, 1.82) is 0 Å². The first-order chi connectivity index (χ1) is 8.74. The van der Waals surface area contributed by atoms with E-state index < -0.39 is 0 Å². The lowest BCUT2D eigenvalue weighted by Gasteiger charge is -2.39. The summed E-state index contributed by atoms with van der Waals surface area (Å²) in [5.74, 6) is 0. The van der Waals surface area contributed by atoms with Crippen LogP contribution >= 0.6 is 0 Å². The third-order valence-corrected chi connectivity index (χ3v) is 4.63. The second kappa shape index (κ2) is 4.93. The maximum Gasteiger partial charge on any atom is 0.0376 e. The van der Waals surface area contributed by atoms with Gasteiger partial charge in [0.25, 0.3) is 0 Å². The largest absolute Gasteiger partial charge is 0.384 e. The van der Waals surface area contributed by atoms with Gasteiger partial charge >= 0.3 is 0 Å². The van der Waals surface area contributed by atoms with E-state index in [1.165, 1.54) is 42.5 Å². The van der Waals surface area contributed by atoms with Gasteiger partial charge in [0, 0.05) is 30.9 Å². The van der Waals surface area contributed by atoms with Gasteiger partial charge in [0.05, 0.1) is 0 Å². The van der Waals surface area contributed by atoms with E-state index in [4.69, 9.17) is 0 Å². The quantitative estimate of drug-likeness (QED) is 0.857. The number of likely N-dealkylation sites (tertiary alicyclic amines) is 1. The number of nitrogens with one attached hydrogen (secondary N) is 1. The number of anilines is 1. The molecule has 0 saturated carbocycles. The lowest BCUT2D eigenvalue weighted by Crippen LogP contribution is -2.42. The fourth-order valence-electron chi connectivity index (χ4n) is 3.43. The molecule has 1 N–H and O–H groups in total. The molecule has 2 nitrogen and oxygen atoms in total. The van der Waals surface area contributed by atoms with Crippen molar-refractivity contribution < 1.29 is 0 Å². The smallest absolute Gasteiger partial charge is 0.0376 e. The van der Waals surface area contributed by atoms with Crippen molar-refractivity contribution in [2.75, 3.05) is 11.9 Å². The third kappa shape index (κ3) is 2.26. The number of rotatable bonds is 2. The summed E-state index contributed by atoms with van der Waals surface area (Å²) < 4.78 is 0. The molecule has 0 bridgehead atoms. The lowest BCUT2D eigenvalue weighted by molar-refractivity contribution is 0.0953. The maximum absolute atomic E-state index is 3.48. The maximum atomic E-state index is 3.48.